The molecule has 3 rings (SSSR count). The fourth-order valence-electron chi connectivity index (χ4n) is 3.28. The van der Waals surface area contributed by atoms with Crippen LogP contribution in [0.3, 0.4) is 0 Å². The number of hydrogen-bond donors (Lipinski definition) is 2. The summed E-state index contributed by atoms with van der Waals surface area (Å²) in [5.41, 5.74) is 2.36. The molecule has 1 fully saturated rings. The van der Waals surface area contributed by atoms with Gasteiger partial charge in [-0.05, 0) is 43.6 Å². The predicted octanol–water partition coefficient (Wildman–Crippen LogP) is 3.20. The fraction of sp³-hybridized carbons (Fsp3) is 0.400. The van der Waals surface area contributed by atoms with Gasteiger partial charge in [-0.25, -0.2) is 0 Å². The minimum Gasteiger partial charge on any atom is -0.354 e. The Morgan fingerprint density at radius 3 is 2.46 bits per heavy atom. The first-order valence-corrected chi connectivity index (χ1v) is 9.00. The molecule has 2 heterocycles. The largest absolute Gasteiger partial charge is 0.354 e. The van der Waals surface area contributed by atoms with Gasteiger partial charge >= 0.3 is 0 Å². The van der Waals surface area contributed by atoms with Crippen LogP contribution in [0.1, 0.15) is 30.1 Å². The summed E-state index contributed by atoms with van der Waals surface area (Å²) in [5, 5.41) is 6.83. The third-order valence-electron chi connectivity index (χ3n) is 4.62. The number of nitrogens with one attached hydrogen (secondary N) is 2. The number of likely N-dealkylation sites (tertiary alicyclic amines) is 1. The van der Waals surface area contributed by atoms with Gasteiger partial charge in [0.1, 0.15) is 0 Å². The SMILES string of the molecule is CN=C(NCc1ccccn1)NCC(c1ccccc1)N1CCCC1.I. The maximum Gasteiger partial charge on any atom is 0.191 e. The molecule has 0 aliphatic carbocycles. The van der Waals surface area contributed by atoms with E-state index >= 15 is 0 Å². The first kappa shape index (κ1) is 20.6. The van der Waals surface area contributed by atoms with Crippen LogP contribution in [-0.4, -0.2) is 42.5 Å². The lowest BCUT2D eigenvalue weighted by Crippen LogP contribution is -2.42. The van der Waals surface area contributed by atoms with Gasteiger partial charge < -0.3 is 10.6 Å². The van der Waals surface area contributed by atoms with Crippen LogP contribution in [0, 0.1) is 0 Å². The van der Waals surface area contributed by atoms with Crippen LogP contribution in [0.25, 0.3) is 0 Å². The van der Waals surface area contributed by atoms with Gasteiger partial charge in [0.2, 0.25) is 0 Å². The third-order valence-corrected chi connectivity index (χ3v) is 4.62. The minimum atomic E-state index is 0. The first-order valence-electron chi connectivity index (χ1n) is 9.00. The molecule has 0 saturated carbocycles. The van der Waals surface area contributed by atoms with E-state index in [-0.39, 0.29) is 24.0 Å². The van der Waals surface area contributed by atoms with Crippen LogP contribution in [0.4, 0.5) is 0 Å². The Balaban J connectivity index is 0.00000243. The van der Waals surface area contributed by atoms with E-state index in [0.717, 1.165) is 18.2 Å². The van der Waals surface area contributed by atoms with Gasteiger partial charge in [-0.15, -0.1) is 24.0 Å². The number of aliphatic imine (C=N–C) groups is 1. The summed E-state index contributed by atoms with van der Waals surface area (Å²) in [6.07, 6.45) is 4.39. The van der Waals surface area contributed by atoms with Crippen LogP contribution in [-0.2, 0) is 6.54 Å². The van der Waals surface area contributed by atoms with E-state index in [1.165, 1.54) is 31.5 Å². The van der Waals surface area contributed by atoms with E-state index in [1.807, 2.05) is 24.4 Å². The molecule has 140 valence electrons. The average Bonchev–Trinajstić information content (AvgIpc) is 3.20. The molecule has 2 aromatic rings. The summed E-state index contributed by atoms with van der Waals surface area (Å²) in [6.45, 7) is 3.84. The number of guanidine groups is 1. The number of pyridine rings is 1. The molecule has 1 aromatic heterocycles. The molecule has 1 aromatic carbocycles. The molecule has 2 N–H and O–H groups in total. The second kappa shape index (κ2) is 11.1. The maximum absolute atomic E-state index is 4.34. The van der Waals surface area contributed by atoms with Gasteiger partial charge in [-0.2, -0.15) is 0 Å². The number of halogens is 1. The second-order valence-electron chi connectivity index (χ2n) is 6.30. The van der Waals surface area contributed by atoms with Crippen molar-refractivity contribution in [2.45, 2.75) is 25.4 Å². The molecule has 5 nitrogen and oxygen atoms in total. The molecule has 26 heavy (non-hydrogen) atoms. The molecule has 1 aliphatic rings. The monoisotopic (exact) mass is 465 g/mol. The average molecular weight is 465 g/mol. The van der Waals surface area contributed by atoms with Gasteiger partial charge in [0.15, 0.2) is 5.96 Å². The highest BCUT2D eigenvalue weighted by Gasteiger charge is 2.23. The topological polar surface area (TPSA) is 52.6 Å². The van der Waals surface area contributed by atoms with Crippen molar-refractivity contribution in [3.8, 4) is 0 Å². The molecule has 1 aliphatic heterocycles. The van der Waals surface area contributed by atoms with Gasteiger partial charge in [0.25, 0.3) is 0 Å². The molecule has 0 spiro atoms. The molecule has 0 bridgehead atoms. The molecule has 1 atom stereocenters. The lowest BCUT2D eigenvalue weighted by Gasteiger charge is -2.29. The zero-order valence-corrected chi connectivity index (χ0v) is 17.6. The summed E-state index contributed by atoms with van der Waals surface area (Å²) < 4.78 is 0. The molecule has 0 radical (unpaired) electrons. The van der Waals surface area contributed by atoms with Crippen molar-refractivity contribution in [3.05, 3.63) is 66.0 Å². The highest BCUT2D eigenvalue weighted by molar-refractivity contribution is 14.0. The Labute approximate surface area is 173 Å². The lowest BCUT2D eigenvalue weighted by molar-refractivity contribution is 0.245. The number of rotatable bonds is 6. The standard InChI is InChI=1S/C20H27N5.HI/c1-21-20(23-15-18-11-5-6-12-22-18)24-16-19(25-13-7-8-14-25)17-9-3-2-4-10-17;/h2-6,9-12,19H,7-8,13-16H2,1H3,(H2,21,23,24);1H. The maximum atomic E-state index is 4.34. The van der Waals surface area contributed by atoms with Crippen molar-refractivity contribution in [2.24, 2.45) is 4.99 Å². The van der Waals surface area contributed by atoms with E-state index in [2.05, 4.69) is 55.8 Å². The van der Waals surface area contributed by atoms with Crippen LogP contribution < -0.4 is 10.6 Å². The molecule has 1 unspecified atom stereocenters. The number of aromatic nitrogens is 1. The number of hydrogen-bond acceptors (Lipinski definition) is 3. The van der Waals surface area contributed by atoms with Crippen molar-refractivity contribution < 1.29 is 0 Å². The van der Waals surface area contributed by atoms with Crippen LogP contribution in [0.5, 0.6) is 0 Å². The van der Waals surface area contributed by atoms with Crippen molar-refractivity contribution in [1.82, 2.24) is 20.5 Å². The van der Waals surface area contributed by atoms with Crippen molar-refractivity contribution in [3.63, 3.8) is 0 Å². The smallest absolute Gasteiger partial charge is 0.191 e. The van der Waals surface area contributed by atoms with Gasteiger partial charge in [-0.3, -0.25) is 14.9 Å². The number of nitrogens with zero attached hydrogens (tertiary/aromatic N) is 3. The van der Waals surface area contributed by atoms with Crippen molar-refractivity contribution in [1.29, 1.82) is 0 Å². The highest BCUT2D eigenvalue weighted by atomic mass is 127. The molecule has 1 saturated heterocycles. The first-order chi connectivity index (χ1) is 12.4. The number of benzene rings is 1. The quantitative estimate of drug-likeness (QED) is 0.391. The lowest BCUT2D eigenvalue weighted by atomic mass is 10.1. The summed E-state index contributed by atoms with van der Waals surface area (Å²) in [4.78, 5) is 11.2. The Bertz CT molecular complexity index is 656. The van der Waals surface area contributed by atoms with E-state index in [0.29, 0.717) is 12.6 Å². The second-order valence-corrected chi connectivity index (χ2v) is 6.30. The fourth-order valence-corrected chi connectivity index (χ4v) is 3.28. The normalized spacial score (nSPS) is 16.0. The molecular weight excluding hydrogens is 437 g/mol. The van der Waals surface area contributed by atoms with Gasteiger partial charge in [0, 0.05) is 19.8 Å². The minimum absolute atomic E-state index is 0. The predicted molar refractivity (Wildman–Crippen MR) is 118 cm³/mol. The summed E-state index contributed by atoms with van der Waals surface area (Å²) >= 11 is 0. The Morgan fingerprint density at radius 1 is 1.08 bits per heavy atom. The Kier molecular flexibility index (Phi) is 8.84. The van der Waals surface area contributed by atoms with Crippen LogP contribution in [0.2, 0.25) is 0 Å². The zero-order chi connectivity index (χ0) is 17.3. The molecule has 6 heteroatoms. The van der Waals surface area contributed by atoms with E-state index in [1.54, 1.807) is 7.05 Å². The third kappa shape index (κ3) is 5.95. The van der Waals surface area contributed by atoms with E-state index in [9.17, 15) is 0 Å². The molecule has 0 amide bonds. The Hall–Kier alpha value is -1.67. The summed E-state index contributed by atoms with van der Waals surface area (Å²) in [7, 11) is 1.81. The highest BCUT2D eigenvalue weighted by Crippen LogP contribution is 2.24. The van der Waals surface area contributed by atoms with Crippen molar-refractivity contribution in [2.75, 3.05) is 26.7 Å². The van der Waals surface area contributed by atoms with Crippen LogP contribution in [0.15, 0.2) is 59.7 Å². The van der Waals surface area contributed by atoms with Gasteiger partial charge in [-0.1, -0.05) is 36.4 Å². The van der Waals surface area contributed by atoms with E-state index in [4.69, 9.17) is 0 Å². The summed E-state index contributed by atoms with van der Waals surface area (Å²) in [5.74, 6) is 0.811. The van der Waals surface area contributed by atoms with Crippen LogP contribution >= 0.6 is 24.0 Å². The van der Waals surface area contributed by atoms with Crippen molar-refractivity contribution >= 4 is 29.9 Å². The zero-order valence-electron chi connectivity index (χ0n) is 15.3. The van der Waals surface area contributed by atoms with E-state index < -0.39 is 0 Å². The summed E-state index contributed by atoms with van der Waals surface area (Å²) in [6, 6.07) is 17.1. The Morgan fingerprint density at radius 2 is 1.81 bits per heavy atom. The van der Waals surface area contributed by atoms with Gasteiger partial charge in [0.05, 0.1) is 18.3 Å². The molecular formula is C20H28IN5.